The Bertz CT molecular complexity index is 2340. The summed E-state index contributed by atoms with van der Waals surface area (Å²) in [7, 11) is 0. The van der Waals surface area contributed by atoms with Crippen molar-refractivity contribution in [2.24, 2.45) is 11.8 Å². The van der Waals surface area contributed by atoms with E-state index in [0.717, 1.165) is 46.8 Å². The maximum absolute atomic E-state index is 7.36. The Morgan fingerprint density at radius 1 is 0.633 bits per heavy atom. The average Bonchev–Trinajstić information content (AvgIpc) is 3.63. The molecule has 0 bridgehead atoms. The monoisotopic (exact) mass is 634 g/mol. The molecule has 0 saturated heterocycles. The number of fused-ring (bicyclic) bond motifs is 2. The minimum Gasteiger partial charge on any atom is -0.461 e. The molecule has 10 rings (SSSR count). The second kappa shape index (κ2) is 10.6. The molecule has 49 heavy (non-hydrogen) atoms. The molecule has 0 N–H and O–H groups in total. The predicted molar refractivity (Wildman–Crippen MR) is 196 cm³/mol. The summed E-state index contributed by atoms with van der Waals surface area (Å²) in [6.45, 7) is 4.59. The molecule has 1 aromatic heterocycles. The van der Waals surface area contributed by atoms with E-state index in [-0.39, 0.29) is 5.92 Å². The lowest BCUT2D eigenvalue weighted by molar-refractivity contribution is -0.0320. The number of hydrogen-bond donors (Lipinski definition) is 0. The first kappa shape index (κ1) is 28.2. The van der Waals surface area contributed by atoms with Crippen molar-refractivity contribution >= 4 is 27.1 Å². The van der Waals surface area contributed by atoms with Gasteiger partial charge in [-0.15, -0.1) is 0 Å². The van der Waals surface area contributed by atoms with E-state index in [2.05, 4.69) is 116 Å². The number of hydrogen-bond acceptors (Lipinski definition) is 5. The Kier molecular flexibility index (Phi) is 6.10. The topological polar surface area (TPSA) is 51.1 Å². The van der Waals surface area contributed by atoms with Gasteiger partial charge in [-0.25, -0.2) is 15.0 Å². The van der Waals surface area contributed by atoms with Gasteiger partial charge in [0.1, 0.15) is 5.76 Å². The molecular formula is C44H34N4O. The van der Waals surface area contributed by atoms with Crippen LogP contribution in [0.5, 0.6) is 0 Å². The van der Waals surface area contributed by atoms with Gasteiger partial charge in [0.2, 0.25) is 5.72 Å². The van der Waals surface area contributed by atoms with Crippen LogP contribution in [0, 0.1) is 11.8 Å². The fourth-order valence-electron chi connectivity index (χ4n) is 8.30. The molecule has 1 aliphatic heterocycles. The van der Waals surface area contributed by atoms with Crippen LogP contribution in [0.25, 0.3) is 49.9 Å². The zero-order valence-corrected chi connectivity index (χ0v) is 27.5. The van der Waals surface area contributed by atoms with Crippen molar-refractivity contribution in [3.63, 3.8) is 0 Å². The molecule has 4 aliphatic rings. The zero-order valence-electron chi connectivity index (χ0n) is 27.5. The summed E-state index contributed by atoms with van der Waals surface area (Å²) in [5, 5.41) is 5.09. The van der Waals surface area contributed by atoms with Crippen LogP contribution in [0.15, 0.2) is 151 Å². The lowest BCUT2D eigenvalue weighted by atomic mass is 9.87. The van der Waals surface area contributed by atoms with Gasteiger partial charge in [-0.2, -0.15) is 0 Å². The molecule has 0 radical (unpaired) electrons. The fourth-order valence-corrected chi connectivity index (χ4v) is 8.30. The van der Waals surface area contributed by atoms with Crippen molar-refractivity contribution in [2.75, 3.05) is 0 Å². The second-order valence-corrected chi connectivity index (χ2v) is 13.7. The fraction of sp³-hybridized carbons (Fsp3) is 0.159. The molecule has 5 heteroatoms. The SMILES string of the molecule is CC1C=CC2=C(C1)OC1(c3cccc4ccc5cccc1c5c34)N2C1=CC=C(c2nc(-c3ccccc3)nc(-c3ccccc3)n2)CC1C. The molecule has 2 heterocycles. The highest BCUT2D eigenvalue weighted by Crippen LogP contribution is 2.60. The standard InChI is InChI=1S/C44H34N4O/c1-27-19-23-37-38(25-27)49-44(34-17-9-15-29-20-21-30-16-10-18-35(44)40(30)39(29)34)48(37)36-24-22-33(26-28(36)2)43-46-41(31-11-5-3-6-12-31)45-42(47-43)32-13-7-4-8-14-32/h3-24,27-28H,25-26H2,1-2H3. The number of allylic oxidation sites excluding steroid dienone is 7. The lowest BCUT2D eigenvalue weighted by Crippen LogP contribution is -2.43. The molecule has 1 spiro atoms. The predicted octanol–water partition coefficient (Wildman–Crippen LogP) is 10.2. The average molecular weight is 635 g/mol. The summed E-state index contributed by atoms with van der Waals surface area (Å²) in [6.07, 6.45) is 10.8. The first-order valence-corrected chi connectivity index (χ1v) is 17.2. The van der Waals surface area contributed by atoms with Gasteiger partial charge in [-0.05, 0) is 51.6 Å². The maximum Gasteiger partial charge on any atom is 0.240 e. The second-order valence-electron chi connectivity index (χ2n) is 13.7. The van der Waals surface area contributed by atoms with Crippen molar-refractivity contribution in [3.8, 4) is 22.8 Å². The smallest absolute Gasteiger partial charge is 0.240 e. The van der Waals surface area contributed by atoms with Crippen LogP contribution in [0.4, 0.5) is 0 Å². The molecule has 0 fully saturated rings. The van der Waals surface area contributed by atoms with Crippen molar-refractivity contribution in [3.05, 3.63) is 168 Å². The number of nitrogens with zero attached hydrogens (tertiary/aromatic N) is 4. The highest BCUT2D eigenvalue weighted by atomic mass is 16.5. The van der Waals surface area contributed by atoms with Gasteiger partial charge in [-0.3, -0.25) is 4.90 Å². The van der Waals surface area contributed by atoms with Crippen LogP contribution in [-0.2, 0) is 10.5 Å². The Labute approximate surface area is 285 Å². The summed E-state index contributed by atoms with van der Waals surface area (Å²) >= 11 is 0. The van der Waals surface area contributed by atoms with Crippen LogP contribution in [-0.4, -0.2) is 19.9 Å². The summed E-state index contributed by atoms with van der Waals surface area (Å²) in [4.78, 5) is 17.5. The van der Waals surface area contributed by atoms with E-state index in [1.807, 2.05) is 36.4 Å². The summed E-state index contributed by atoms with van der Waals surface area (Å²) in [5.74, 6) is 3.73. The van der Waals surface area contributed by atoms with Crippen LogP contribution in [0.2, 0.25) is 0 Å². The highest BCUT2D eigenvalue weighted by Gasteiger charge is 2.56. The van der Waals surface area contributed by atoms with Gasteiger partial charge in [0.15, 0.2) is 17.5 Å². The van der Waals surface area contributed by atoms with Gasteiger partial charge in [0, 0.05) is 40.3 Å². The first-order chi connectivity index (χ1) is 24.1. The highest BCUT2D eigenvalue weighted by molar-refractivity contribution is 6.14. The molecule has 5 aromatic carbocycles. The number of aromatic nitrogens is 3. The van der Waals surface area contributed by atoms with Gasteiger partial charge in [-0.1, -0.05) is 135 Å². The molecule has 6 aromatic rings. The minimum absolute atomic E-state index is 0.166. The Balaban J connectivity index is 1.15. The largest absolute Gasteiger partial charge is 0.461 e. The third-order valence-corrected chi connectivity index (χ3v) is 10.5. The molecular weight excluding hydrogens is 601 g/mol. The maximum atomic E-state index is 7.36. The van der Waals surface area contributed by atoms with Crippen LogP contribution in [0.3, 0.4) is 0 Å². The Hall–Kier alpha value is -5.81. The van der Waals surface area contributed by atoms with Gasteiger partial charge < -0.3 is 4.74 Å². The summed E-state index contributed by atoms with van der Waals surface area (Å²) < 4.78 is 7.36. The molecule has 2 unspecified atom stereocenters. The number of ether oxygens (including phenoxy) is 1. The lowest BCUT2D eigenvalue weighted by Gasteiger charge is -2.42. The molecule has 0 amide bonds. The van der Waals surface area contributed by atoms with Crippen molar-refractivity contribution in [2.45, 2.75) is 32.4 Å². The molecule has 236 valence electrons. The zero-order chi connectivity index (χ0) is 32.7. The van der Waals surface area contributed by atoms with Gasteiger partial charge in [0.05, 0.1) is 5.70 Å². The van der Waals surface area contributed by atoms with Crippen molar-refractivity contribution < 1.29 is 4.74 Å². The molecule has 3 aliphatic carbocycles. The van der Waals surface area contributed by atoms with Gasteiger partial charge in [0.25, 0.3) is 0 Å². The van der Waals surface area contributed by atoms with E-state index in [1.165, 1.54) is 38.4 Å². The summed E-state index contributed by atoms with van der Waals surface area (Å²) in [5.41, 5.74) is 7.09. The Morgan fingerprint density at radius 3 is 1.82 bits per heavy atom. The van der Waals surface area contributed by atoms with E-state index in [4.69, 9.17) is 19.7 Å². The van der Waals surface area contributed by atoms with Gasteiger partial charge >= 0.3 is 0 Å². The summed E-state index contributed by atoms with van der Waals surface area (Å²) in [6, 6.07) is 38.2. The van der Waals surface area contributed by atoms with E-state index >= 15 is 0 Å². The molecule has 5 nitrogen and oxygen atoms in total. The van der Waals surface area contributed by atoms with Crippen LogP contribution < -0.4 is 0 Å². The van der Waals surface area contributed by atoms with Crippen LogP contribution in [0.1, 0.15) is 43.6 Å². The Morgan fingerprint density at radius 2 is 1.22 bits per heavy atom. The van der Waals surface area contributed by atoms with Crippen molar-refractivity contribution in [1.82, 2.24) is 19.9 Å². The van der Waals surface area contributed by atoms with E-state index in [1.54, 1.807) is 0 Å². The molecule has 2 atom stereocenters. The van der Waals surface area contributed by atoms with E-state index < -0.39 is 5.72 Å². The van der Waals surface area contributed by atoms with Crippen LogP contribution >= 0.6 is 0 Å². The quantitative estimate of drug-likeness (QED) is 0.181. The van der Waals surface area contributed by atoms with Crippen molar-refractivity contribution in [1.29, 1.82) is 0 Å². The minimum atomic E-state index is -0.776. The normalized spacial score (nSPS) is 20.2. The third kappa shape index (κ3) is 4.15. The molecule has 0 saturated carbocycles. The van der Waals surface area contributed by atoms with E-state index in [0.29, 0.717) is 17.6 Å². The number of rotatable bonds is 4. The first-order valence-electron chi connectivity index (χ1n) is 17.2. The van der Waals surface area contributed by atoms with E-state index in [9.17, 15) is 0 Å². The number of benzene rings is 5. The third-order valence-electron chi connectivity index (χ3n) is 10.5.